The quantitative estimate of drug-likeness (QED) is 0.537. The normalized spacial score (nSPS) is 12.4. The van der Waals surface area contributed by atoms with E-state index in [2.05, 4.69) is 32.1 Å². The Labute approximate surface area is 167 Å². The second-order valence-electron chi connectivity index (χ2n) is 7.25. The van der Waals surface area contributed by atoms with E-state index in [9.17, 15) is 5.11 Å². The first kappa shape index (κ1) is 18.6. The van der Waals surface area contributed by atoms with Crippen LogP contribution >= 0.6 is 11.3 Å². The molecule has 4 heterocycles. The van der Waals surface area contributed by atoms with Crippen molar-refractivity contribution in [3.05, 3.63) is 65.3 Å². The third kappa shape index (κ3) is 3.76. The number of hydrogen-bond acceptors (Lipinski definition) is 5. The van der Waals surface area contributed by atoms with Crippen LogP contribution in [0.1, 0.15) is 37.7 Å². The number of fused-ring (bicyclic) bond motifs is 1. The van der Waals surface area contributed by atoms with E-state index >= 15 is 0 Å². The van der Waals surface area contributed by atoms with E-state index in [4.69, 9.17) is 4.98 Å². The standard InChI is InChI=1S/C21H23N5OS/c1-4-17-16(14-25-11-9-22-19(25)20-23-10-12-28-20)24-18-6-5-15(13-26(17)18)7-8-21(2,3)27/h5-13,27H,4,14H2,1-3H3/b8-7+. The second kappa shape index (κ2) is 7.33. The number of rotatable bonds is 6. The largest absolute Gasteiger partial charge is 0.386 e. The van der Waals surface area contributed by atoms with Gasteiger partial charge in [0.2, 0.25) is 0 Å². The summed E-state index contributed by atoms with van der Waals surface area (Å²) in [5, 5.41) is 12.8. The highest BCUT2D eigenvalue weighted by Gasteiger charge is 2.15. The first-order chi connectivity index (χ1) is 13.4. The van der Waals surface area contributed by atoms with Crippen molar-refractivity contribution in [3.8, 4) is 10.8 Å². The molecular formula is C21H23N5OS. The van der Waals surface area contributed by atoms with E-state index in [1.54, 1.807) is 43.7 Å². The Morgan fingerprint density at radius 1 is 1.21 bits per heavy atom. The fraction of sp³-hybridized carbons (Fsp3) is 0.286. The van der Waals surface area contributed by atoms with Gasteiger partial charge in [0, 0.05) is 35.9 Å². The molecule has 4 aromatic heterocycles. The lowest BCUT2D eigenvalue weighted by Gasteiger charge is -2.10. The number of imidazole rings is 2. The highest BCUT2D eigenvalue weighted by atomic mass is 32.1. The summed E-state index contributed by atoms with van der Waals surface area (Å²) in [5.41, 5.74) is 3.31. The molecule has 0 radical (unpaired) electrons. The van der Waals surface area contributed by atoms with Gasteiger partial charge in [0.15, 0.2) is 10.8 Å². The van der Waals surface area contributed by atoms with Crippen LogP contribution in [0.5, 0.6) is 0 Å². The molecule has 0 aromatic carbocycles. The molecule has 0 aliphatic carbocycles. The number of aliphatic hydroxyl groups is 1. The van der Waals surface area contributed by atoms with Gasteiger partial charge in [-0.25, -0.2) is 15.0 Å². The molecule has 0 bridgehead atoms. The molecule has 0 spiro atoms. The van der Waals surface area contributed by atoms with Gasteiger partial charge in [0.1, 0.15) is 5.65 Å². The summed E-state index contributed by atoms with van der Waals surface area (Å²) in [5.74, 6) is 0.864. The molecule has 144 valence electrons. The maximum atomic E-state index is 9.93. The SMILES string of the molecule is CCc1c(Cn2ccnc2-c2nccs2)nc2ccc(/C=C/C(C)(C)O)cn12. The molecular weight excluding hydrogens is 370 g/mol. The van der Waals surface area contributed by atoms with E-state index in [-0.39, 0.29) is 0 Å². The Balaban J connectivity index is 1.71. The molecule has 28 heavy (non-hydrogen) atoms. The Morgan fingerprint density at radius 2 is 2.07 bits per heavy atom. The van der Waals surface area contributed by atoms with Crippen molar-refractivity contribution in [1.29, 1.82) is 0 Å². The first-order valence-corrected chi connectivity index (χ1v) is 10.1. The predicted molar refractivity (Wildman–Crippen MR) is 112 cm³/mol. The van der Waals surface area contributed by atoms with Crippen LogP contribution in [0, 0.1) is 0 Å². The number of hydrogen-bond donors (Lipinski definition) is 1. The van der Waals surface area contributed by atoms with Crippen LogP contribution in [0.4, 0.5) is 0 Å². The summed E-state index contributed by atoms with van der Waals surface area (Å²) in [6.45, 7) is 6.32. The van der Waals surface area contributed by atoms with Crippen LogP contribution in [-0.2, 0) is 13.0 Å². The molecule has 0 unspecified atom stereocenters. The molecule has 6 nitrogen and oxygen atoms in total. The van der Waals surface area contributed by atoms with Crippen LogP contribution in [0.2, 0.25) is 0 Å². The lowest BCUT2D eigenvalue weighted by Crippen LogP contribution is -2.13. The van der Waals surface area contributed by atoms with E-state index in [0.717, 1.165) is 34.2 Å². The average molecular weight is 394 g/mol. The van der Waals surface area contributed by atoms with Gasteiger partial charge in [0.25, 0.3) is 0 Å². The number of nitrogens with zero attached hydrogens (tertiary/aromatic N) is 5. The second-order valence-corrected chi connectivity index (χ2v) is 8.15. The number of aryl methyl sites for hydroxylation is 1. The maximum Gasteiger partial charge on any atom is 0.169 e. The molecule has 0 amide bonds. The third-order valence-electron chi connectivity index (χ3n) is 4.50. The van der Waals surface area contributed by atoms with E-state index in [1.165, 1.54) is 5.69 Å². The maximum absolute atomic E-state index is 9.93. The smallest absolute Gasteiger partial charge is 0.169 e. The lowest BCUT2D eigenvalue weighted by atomic mass is 10.1. The highest BCUT2D eigenvalue weighted by Crippen LogP contribution is 2.23. The molecule has 0 aliphatic heterocycles. The first-order valence-electron chi connectivity index (χ1n) is 9.27. The van der Waals surface area contributed by atoms with E-state index < -0.39 is 5.60 Å². The average Bonchev–Trinajstić information content (AvgIpc) is 3.38. The number of thiazole rings is 1. The zero-order valence-electron chi connectivity index (χ0n) is 16.2. The molecule has 4 aromatic rings. The third-order valence-corrected chi connectivity index (χ3v) is 5.27. The van der Waals surface area contributed by atoms with Crippen LogP contribution < -0.4 is 0 Å². The minimum atomic E-state index is -0.837. The van der Waals surface area contributed by atoms with Crippen LogP contribution in [-0.4, -0.2) is 34.6 Å². The molecule has 1 N–H and O–H groups in total. The topological polar surface area (TPSA) is 68.2 Å². The molecule has 0 aliphatic rings. The zero-order chi connectivity index (χ0) is 19.7. The summed E-state index contributed by atoms with van der Waals surface area (Å²) in [4.78, 5) is 13.7. The Hall–Kier alpha value is -2.77. The Morgan fingerprint density at radius 3 is 2.79 bits per heavy atom. The summed E-state index contributed by atoms with van der Waals surface area (Å²) < 4.78 is 4.23. The number of aromatic nitrogens is 5. The predicted octanol–water partition coefficient (Wildman–Crippen LogP) is 4.05. The fourth-order valence-corrected chi connectivity index (χ4v) is 3.84. The molecule has 4 rings (SSSR count). The fourth-order valence-electron chi connectivity index (χ4n) is 3.19. The van der Waals surface area contributed by atoms with Crippen molar-refractivity contribution in [3.63, 3.8) is 0 Å². The minimum absolute atomic E-state index is 0.647. The lowest BCUT2D eigenvalue weighted by molar-refractivity contribution is 0.134. The molecule has 0 saturated heterocycles. The molecule has 0 fully saturated rings. The van der Waals surface area contributed by atoms with Crippen molar-refractivity contribution < 1.29 is 5.11 Å². The van der Waals surface area contributed by atoms with Crippen molar-refractivity contribution >= 4 is 23.1 Å². The van der Waals surface area contributed by atoms with Gasteiger partial charge in [-0.3, -0.25) is 0 Å². The minimum Gasteiger partial charge on any atom is -0.386 e. The van der Waals surface area contributed by atoms with Crippen molar-refractivity contribution in [2.75, 3.05) is 0 Å². The van der Waals surface area contributed by atoms with Crippen molar-refractivity contribution in [2.24, 2.45) is 0 Å². The van der Waals surface area contributed by atoms with E-state index in [0.29, 0.717) is 6.54 Å². The summed E-state index contributed by atoms with van der Waals surface area (Å²) >= 11 is 1.58. The van der Waals surface area contributed by atoms with Crippen LogP contribution in [0.3, 0.4) is 0 Å². The van der Waals surface area contributed by atoms with E-state index in [1.807, 2.05) is 29.8 Å². The van der Waals surface area contributed by atoms with Gasteiger partial charge in [0.05, 0.1) is 17.8 Å². The van der Waals surface area contributed by atoms with Gasteiger partial charge in [-0.05, 0) is 38.0 Å². The van der Waals surface area contributed by atoms with Crippen LogP contribution in [0.25, 0.3) is 22.6 Å². The monoisotopic (exact) mass is 393 g/mol. The molecule has 7 heteroatoms. The Bertz CT molecular complexity index is 1120. The summed E-state index contributed by atoms with van der Waals surface area (Å²) in [6.07, 6.45) is 12.2. The summed E-state index contributed by atoms with van der Waals surface area (Å²) in [7, 11) is 0. The van der Waals surface area contributed by atoms with Gasteiger partial charge in [-0.1, -0.05) is 19.1 Å². The van der Waals surface area contributed by atoms with Gasteiger partial charge in [-0.15, -0.1) is 11.3 Å². The molecule has 0 atom stereocenters. The highest BCUT2D eigenvalue weighted by molar-refractivity contribution is 7.13. The zero-order valence-corrected chi connectivity index (χ0v) is 17.0. The summed E-state index contributed by atoms with van der Waals surface area (Å²) in [6, 6.07) is 4.04. The molecule has 0 saturated carbocycles. The van der Waals surface area contributed by atoms with Gasteiger partial charge >= 0.3 is 0 Å². The van der Waals surface area contributed by atoms with Crippen molar-refractivity contribution in [1.82, 2.24) is 23.9 Å². The van der Waals surface area contributed by atoms with Gasteiger partial charge < -0.3 is 14.1 Å². The van der Waals surface area contributed by atoms with Crippen LogP contribution in [0.15, 0.2) is 48.4 Å². The number of pyridine rings is 1. The van der Waals surface area contributed by atoms with Gasteiger partial charge in [-0.2, -0.15) is 0 Å². The van der Waals surface area contributed by atoms with Crippen molar-refractivity contribution in [2.45, 2.75) is 39.3 Å². The Kier molecular flexibility index (Phi) is 4.87.